The number of aliphatic hydroxyl groups excluding tert-OH is 2. The highest BCUT2D eigenvalue weighted by atomic mass is 19.2. The van der Waals surface area contributed by atoms with Crippen LogP contribution in [0.1, 0.15) is 25.8 Å². The first kappa shape index (κ1) is 19.6. The topological polar surface area (TPSA) is 90.1 Å². The Kier molecular flexibility index (Phi) is 6.47. The number of carboxylic acid groups (broad SMARTS) is 1. The lowest BCUT2D eigenvalue weighted by Gasteiger charge is -2.12. The molecule has 5 nitrogen and oxygen atoms in total. The molecular weight excluding hydrogens is 334 g/mol. The van der Waals surface area contributed by atoms with Gasteiger partial charge in [0.05, 0.1) is 23.9 Å². The largest absolute Gasteiger partial charge is 0.506 e. The number of rotatable bonds is 6. The second-order valence-corrected chi connectivity index (χ2v) is 4.84. The molecule has 24 heavy (non-hydrogen) atoms. The Balaban J connectivity index is 3.69. The Bertz CT molecular complexity index is 716. The van der Waals surface area contributed by atoms with E-state index < -0.39 is 58.8 Å². The predicted octanol–water partition coefficient (Wildman–Crippen LogP) is 2.83. The first-order chi connectivity index (χ1) is 11.1. The molecule has 1 aromatic carbocycles. The van der Waals surface area contributed by atoms with Gasteiger partial charge in [-0.2, -0.15) is 0 Å². The molecule has 1 aromatic rings. The molecule has 3 N–H and O–H groups in total. The van der Waals surface area contributed by atoms with Crippen molar-refractivity contribution in [3.8, 4) is 0 Å². The maximum absolute atomic E-state index is 13.8. The Hall–Kier alpha value is -2.42. The average Bonchev–Trinajstić information content (AvgIpc) is 2.54. The van der Waals surface area contributed by atoms with Crippen molar-refractivity contribution in [3.63, 3.8) is 0 Å². The predicted molar refractivity (Wildman–Crippen MR) is 77.7 cm³/mol. The van der Waals surface area contributed by atoms with Gasteiger partial charge in [0.15, 0.2) is 23.3 Å². The summed E-state index contributed by atoms with van der Waals surface area (Å²) in [6.07, 6.45) is -0.0379. The zero-order valence-electron chi connectivity index (χ0n) is 12.8. The summed E-state index contributed by atoms with van der Waals surface area (Å²) in [7, 11) is 0. The minimum atomic E-state index is -2.18. The van der Waals surface area contributed by atoms with Gasteiger partial charge >= 0.3 is 5.97 Å². The van der Waals surface area contributed by atoms with Crippen LogP contribution < -0.4 is 0 Å². The number of carbonyl (C=O) groups is 1. The maximum atomic E-state index is 13.8. The number of carboxylic acids is 1. The molecule has 1 unspecified atom stereocenters. The van der Waals surface area contributed by atoms with Crippen LogP contribution in [0.3, 0.4) is 0 Å². The molecule has 0 aromatic heterocycles. The highest BCUT2D eigenvalue weighted by Crippen LogP contribution is 2.26. The van der Waals surface area contributed by atoms with Crippen LogP contribution in [-0.2, 0) is 4.79 Å². The number of halogens is 4. The summed E-state index contributed by atoms with van der Waals surface area (Å²) >= 11 is 0. The van der Waals surface area contributed by atoms with Crippen molar-refractivity contribution >= 4 is 17.4 Å². The van der Waals surface area contributed by atoms with E-state index in [4.69, 9.17) is 5.11 Å². The van der Waals surface area contributed by atoms with Crippen molar-refractivity contribution < 1.29 is 37.7 Å². The van der Waals surface area contributed by atoms with Gasteiger partial charge in [-0.1, -0.05) is 6.92 Å². The Morgan fingerprint density at radius 2 is 1.75 bits per heavy atom. The van der Waals surface area contributed by atoms with Crippen LogP contribution in [0, 0.1) is 23.3 Å². The molecule has 0 saturated carbocycles. The molecule has 132 valence electrons. The Morgan fingerprint density at radius 3 is 2.21 bits per heavy atom. The van der Waals surface area contributed by atoms with Crippen molar-refractivity contribution in [1.29, 1.82) is 0 Å². The van der Waals surface area contributed by atoms with E-state index in [9.17, 15) is 32.6 Å². The first-order valence-corrected chi connectivity index (χ1v) is 6.83. The van der Waals surface area contributed by atoms with Crippen LogP contribution in [0.2, 0.25) is 0 Å². The molecule has 0 aliphatic carbocycles. The van der Waals surface area contributed by atoms with Crippen LogP contribution in [0.15, 0.2) is 16.6 Å². The lowest BCUT2D eigenvalue weighted by Crippen LogP contribution is -2.18. The van der Waals surface area contributed by atoms with Gasteiger partial charge in [0.25, 0.3) is 0 Å². The molecule has 0 fully saturated rings. The monoisotopic (exact) mass is 349 g/mol. The Labute approximate surface area is 134 Å². The molecular formula is C15H15F4NO4. The third-order valence-electron chi connectivity index (χ3n) is 3.07. The SMILES string of the molecule is CCC(=NC(C)CO)C(C(=O)O)=C(O)c1cc(F)c(F)c(F)c1F. The molecule has 0 radical (unpaired) electrons. The Morgan fingerprint density at radius 1 is 1.17 bits per heavy atom. The van der Waals surface area contributed by atoms with Gasteiger partial charge in [-0.05, 0) is 19.4 Å². The third-order valence-corrected chi connectivity index (χ3v) is 3.07. The zero-order chi connectivity index (χ0) is 18.6. The third kappa shape index (κ3) is 3.91. The van der Waals surface area contributed by atoms with E-state index in [2.05, 4.69) is 4.99 Å². The highest BCUT2D eigenvalue weighted by molar-refractivity contribution is 6.23. The van der Waals surface area contributed by atoms with Gasteiger partial charge in [0.2, 0.25) is 0 Å². The number of benzene rings is 1. The van der Waals surface area contributed by atoms with E-state index in [0.29, 0.717) is 0 Å². The summed E-state index contributed by atoms with van der Waals surface area (Å²) in [6, 6.07) is -0.581. The van der Waals surface area contributed by atoms with Crippen LogP contribution in [-0.4, -0.2) is 39.6 Å². The zero-order valence-corrected chi connectivity index (χ0v) is 12.8. The summed E-state index contributed by atoms with van der Waals surface area (Å²) in [5.41, 5.74) is -2.28. The van der Waals surface area contributed by atoms with E-state index in [1.165, 1.54) is 13.8 Å². The van der Waals surface area contributed by atoms with Gasteiger partial charge < -0.3 is 15.3 Å². The van der Waals surface area contributed by atoms with E-state index >= 15 is 0 Å². The summed E-state index contributed by atoms with van der Waals surface area (Å²) in [4.78, 5) is 15.2. The van der Waals surface area contributed by atoms with Gasteiger partial charge in [0.1, 0.15) is 11.3 Å². The van der Waals surface area contributed by atoms with Crippen LogP contribution in [0.5, 0.6) is 0 Å². The summed E-state index contributed by atoms with van der Waals surface area (Å²) < 4.78 is 53.3. The van der Waals surface area contributed by atoms with E-state index in [-0.39, 0.29) is 18.2 Å². The van der Waals surface area contributed by atoms with E-state index in [1.807, 2.05) is 0 Å². The fourth-order valence-corrected chi connectivity index (χ4v) is 1.88. The maximum Gasteiger partial charge on any atom is 0.341 e. The molecule has 0 spiro atoms. The quantitative estimate of drug-likeness (QED) is 0.184. The number of nitrogens with zero attached hydrogens (tertiary/aromatic N) is 1. The molecule has 1 rings (SSSR count). The smallest absolute Gasteiger partial charge is 0.341 e. The van der Waals surface area contributed by atoms with Crippen molar-refractivity contribution in [2.45, 2.75) is 26.3 Å². The summed E-state index contributed by atoms with van der Waals surface area (Å²) in [5.74, 6) is -11.0. The average molecular weight is 349 g/mol. The van der Waals surface area contributed by atoms with Gasteiger partial charge in [-0.3, -0.25) is 4.99 Å². The molecule has 0 amide bonds. The number of aliphatic imine (C=N–C) groups is 1. The second kappa shape index (κ2) is 7.91. The fourth-order valence-electron chi connectivity index (χ4n) is 1.88. The summed E-state index contributed by atoms with van der Waals surface area (Å²) in [6.45, 7) is 2.50. The van der Waals surface area contributed by atoms with Crippen molar-refractivity contribution in [2.24, 2.45) is 4.99 Å². The molecule has 9 heteroatoms. The molecule has 0 bridgehead atoms. The normalized spacial score (nSPS) is 14.4. The molecule has 0 aliphatic heterocycles. The van der Waals surface area contributed by atoms with Crippen LogP contribution >= 0.6 is 0 Å². The lowest BCUT2D eigenvalue weighted by molar-refractivity contribution is -0.132. The van der Waals surface area contributed by atoms with E-state index in [1.54, 1.807) is 0 Å². The molecule has 1 atom stereocenters. The fraction of sp³-hybridized carbons (Fsp3) is 0.333. The lowest BCUT2D eigenvalue weighted by atomic mass is 10.0. The molecule has 0 aliphatic rings. The van der Waals surface area contributed by atoms with Gasteiger partial charge in [-0.15, -0.1) is 0 Å². The molecule has 0 saturated heterocycles. The number of hydrogen-bond donors (Lipinski definition) is 3. The van der Waals surface area contributed by atoms with Crippen LogP contribution in [0.25, 0.3) is 5.76 Å². The first-order valence-electron chi connectivity index (χ1n) is 6.83. The second-order valence-electron chi connectivity index (χ2n) is 4.84. The van der Waals surface area contributed by atoms with Crippen LogP contribution in [0.4, 0.5) is 17.6 Å². The number of aliphatic hydroxyl groups is 2. The number of aliphatic carboxylic acids is 1. The van der Waals surface area contributed by atoms with Crippen molar-refractivity contribution in [2.75, 3.05) is 6.61 Å². The highest BCUT2D eigenvalue weighted by Gasteiger charge is 2.27. The van der Waals surface area contributed by atoms with Gasteiger partial charge in [0, 0.05) is 0 Å². The van der Waals surface area contributed by atoms with Crippen molar-refractivity contribution in [1.82, 2.24) is 0 Å². The minimum absolute atomic E-state index is 0.0379. The van der Waals surface area contributed by atoms with E-state index in [0.717, 1.165) is 0 Å². The molecule has 0 heterocycles. The minimum Gasteiger partial charge on any atom is -0.506 e. The standard InChI is InChI=1S/C15H15F4NO4/c1-3-9(20-6(2)5-21)10(15(23)24)14(22)7-4-8(16)12(18)13(19)11(7)17/h4,6,21-22H,3,5H2,1-2H3,(H,23,24). The van der Waals surface area contributed by atoms with Crippen molar-refractivity contribution in [3.05, 3.63) is 40.5 Å². The summed E-state index contributed by atoms with van der Waals surface area (Å²) in [5, 5.41) is 28.2. The van der Waals surface area contributed by atoms with Gasteiger partial charge in [-0.25, -0.2) is 22.4 Å². The number of hydrogen-bond acceptors (Lipinski definition) is 4.